The van der Waals surface area contributed by atoms with E-state index < -0.39 is 0 Å². The number of rotatable bonds is 6. The molecule has 0 heterocycles. The first kappa shape index (κ1) is 16.6. The molecule has 2 aromatic rings. The second-order valence-corrected chi connectivity index (χ2v) is 5.93. The van der Waals surface area contributed by atoms with Gasteiger partial charge in [-0.05, 0) is 36.4 Å². The van der Waals surface area contributed by atoms with Crippen molar-refractivity contribution in [2.45, 2.75) is 6.42 Å². The van der Waals surface area contributed by atoms with E-state index in [2.05, 4.69) is 26.6 Å². The van der Waals surface area contributed by atoms with Crippen molar-refractivity contribution in [1.29, 1.82) is 0 Å². The molecule has 6 heteroatoms. The molecule has 0 atom stereocenters. The third kappa shape index (κ3) is 4.93. The fourth-order valence-electron chi connectivity index (χ4n) is 1.91. The van der Waals surface area contributed by atoms with Crippen LogP contribution < -0.4 is 15.4 Å². The lowest BCUT2D eigenvalue weighted by molar-refractivity contribution is -0.115. The number of carbonyl (C=O) groups is 1. The number of benzene rings is 2. The van der Waals surface area contributed by atoms with Crippen LogP contribution in [0.2, 0.25) is 5.02 Å². The van der Waals surface area contributed by atoms with E-state index in [4.69, 9.17) is 16.3 Å². The van der Waals surface area contributed by atoms with Crippen molar-refractivity contribution in [1.82, 2.24) is 0 Å². The molecular weight excluding hydrogens is 368 g/mol. The third-order valence-electron chi connectivity index (χ3n) is 2.94. The maximum Gasteiger partial charge on any atom is 0.226 e. The SMILES string of the molecule is COc1ccc(Cl)cc1NC(=O)CCNc1cccc(Br)c1. The summed E-state index contributed by atoms with van der Waals surface area (Å²) in [4.78, 5) is 12.0. The van der Waals surface area contributed by atoms with Crippen molar-refractivity contribution in [3.8, 4) is 5.75 Å². The Morgan fingerprint density at radius 1 is 1.27 bits per heavy atom. The summed E-state index contributed by atoms with van der Waals surface area (Å²) in [5.41, 5.74) is 1.53. The van der Waals surface area contributed by atoms with Crippen molar-refractivity contribution in [3.05, 3.63) is 52.0 Å². The lowest BCUT2D eigenvalue weighted by Crippen LogP contribution is -2.16. The van der Waals surface area contributed by atoms with E-state index in [9.17, 15) is 4.79 Å². The van der Waals surface area contributed by atoms with Gasteiger partial charge in [-0.2, -0.15) is 0 Å². The summed E-state index contributed by atoms with van der Waals surface area (Å²) in [7, 11) is 1.55. The monoisotopic (exact) mass is 382 g/mol. The predicted octanol–water partition coefficient (Wildman–Crippen LogP) is 4.55. The summed E-state index contributed by atoms with van der Waals surface area (Å²) in [5, 5.41) is 6.54. The molecule has 2 rings (SSSR count). The van der Waals surface area contributed by atoms with E-state index in [-0.39, 0.29) is 5.91 Å². The van der Waals surface area contributed by atoms with Gasteiger partial charge < -0.3 is 15.4 Å². The van der Waals surface area contributed by atoms with Gasteiger partial charge >= 0.3 is 0 Å². The molecule has 0 unspecified atom stereocenters. The summed E-state index contributed by atoms with van der Waals surface area (Å²) in [6.45, 7) is 0.533. The van der Waals surface area contributed by atoms with Gasteiger partial charge in [0.2, 0.25) is 5.91 Å². The molecule has 0 aromatic heterocycles. The Labute approximate surface area is 142 Å². The van der Waals surface area contributed by atoms with E-state index in [1.807, 2.05) is 24.3 Å². The minimum Gasteiger partial charge on any atom is -0.495 e. The Hall–Kier alpha value is -1.72. The van der Waals surface area contributed by atoms with Crippen LogP contribution in [0, 0.1) is 0 Å². The third-order valence-corrected chi connectivity index (χ3v) is 3.67. The summed E-state index contributed by atoms with van der Waals surface area (Å²) < 4.78 is 6.19. The van der Waals surface area contributed by atoms with Crippen LogP contribution in [0.15, 0.2) is 46.9 Å². The zero-order valence-corrected chi connectivity index (χ0v) is 14.4. The molecule has 0 bridgehead atoms. The molecule has 1 amide bonds. The van der Waals surface area contributed by atoms with Gasteiger partial charge in [0.1, 0.15) is 5.75 Å². The van der Waals surface area contributed by atoms with Crippen LogP contribution >= 0.6 is 27.5 Å². The number of hydrogen-bond acceptors (Lipinski definition) is 3. The number of methoxy groups -OCH3 is 1. The number of halogens is 2. The van der Waals surface area contributed by atoms with E-state index in [0.717, 1.165) is 10.2 Å². The molecule has 22 heavy (non-hydrogen) atoms. The number of anilines is 2. The normalized spacial score (nSPS) is 10.1. The molecule has 2 N–H and O–H groups in total. The number of carbonyl (C=O) groups excluding carboxylic acids is 1. The smallest absolute Gasteiger partial charge is 0.226 e. The van der Waals surface area contributed by atoms with Gasteiger partial charge in [0, 0.05) is 28.1 Å². The summed E-state index contributed by atoms with van der Waals surface area (Å²) >= 11 is 9.34. The van der Waals surface area contributed by atoms with Crippen molar-refractivity contribution < 1.29 is 9.53 Å². The summed E-state index contributed by atoms with van der Waals surface area (Å²) in [6.07, 6.45) is 0.335. The van der Waals surface area contributed by atoms with E-state index >= 15 is 0 Å². The maximum absolute atomic E-state index is 12.0. The molecule has 2 aromatic carbocycles. The molecule has 4 nitrogen and oxygen atoms in total. The van der Waals surface area contributed by atoms with E-state index in [1.54, 1.807) is 25.3 Å². The highest BCUT2D eigenvalue weighted by Crippen LogP contribution is 2.27. The average Bonchev–Trinajstić information content (AvgIpc) is 2.47. The zero-order valence-electron chi connectivity index (χ0n) is 12.0. The minimum absolute atomic E-state index is 0.108. The van der Waals surface area contributed by atoms with Crippen LogP contribution in [-0.2, 0) is 4.79 Å². The van der Waals surface area contributed by atoms with Gasteiger partial charge in [-0.15, -0.1) is 0 Å². The van der Waals surface area contributed by atoms with Gasteiger partial charge in [0.15, 0.2) is 0 Å². The highest BCUT2D eigenvalue weighted by atomic mass is 79.9. The summed E-state index contributed by atoms with van der Waals surface area (Å²) in [5.74, 6) is 0.473. The molecule has 0 aliphatic heterocycles. The topological polar surface area (TPSA) is 50.4 Å². The lowest BCUT2D eigenvalue weighted by Gasteiger charge is -2.11. The second-order valence-electron chi connectivity index (χ2n) is 4.58. The molecule has 0 aliphatic rings. The lowest BCUT2D eigenvalue weighted by atomic mass is 10.2. The van der Waals surface area contributed by atoms with Crippen molar-refractivity contribution >= 4 is 44.8 Å². The fourth-order valence-corrected chi connectivity index (χ4v) is 2.48. The number of nitrogens with one attached hydrogen (secondary N) is 2. The first-order valence-corrected chi connectivity index (χ1v) is 7.88. The summed E-state index contributed by atoms with van der Waals surface area (Å²) in [6, 6.07) is 12.9. The highest BCUT2D eigenvalue weighted by molar-refractivity contribution is 9.10. The van der Waals surface area contributed by atoms with E-state index in [0.29, 0.717) is 29.4 Å². The Balaban J connectivity index is 1.87. The minimum atomic E-state index is -0.108. The maximum atomic E-state index is 12.0. The van der Waals surface area contributed by atoms with E-state index in [1.165, 1.54) is 0 Å². The number of ether oxygens (including phenoxy) is 1. The zero-order chi connectivity index (χ0) is 15.9. The molecule has 0 fully saturated rings. The van der Waals surface area contributed by atoms with Crippen LogP contribution in [0.25, 0.3) is 0 Å². The Kier molecular flexibility index (Phi) is 6.10. The molecule has 0 aliphatic carbocycles. The Morgan fingerprint density at radius 2 is 2.09 bits per heavy atom. The van der Waals surface area contributed by atoms with Crippen molar-refractivity contribution in [3.63, 3.8) is 0 Å². The second kappa shape index (κ2) is 8.06. The van der Waals surface area contributed by atoms with Gasteiger partial charge in [-0.25, -0.2) is 0 Å². The standard InChI is InChI=1S/C16H16BrClN2O2/c1-22-15-6-5-12(18)10-14(15)20-16(21)7-8-19-13-4-2-3-11(17)9-13/h2-6,9-10,19H,7-8H2,1H3,(H,20,21). The highest BCUT2D eigenvalue weighted by Gasteiger charge is 2.08. The van der Waals surface area contributed by atoms with Crippen LogP contribution in [0.3, 0.4) is 0 Å². The molecule has 0 spiro atoms. The van der Waals surface area contributed by atoms with Crippen LogP contribution in [-0.4, -0.2) is 19.6 Å². The largest absolute Gasteiger partial charge is 0.495 e. The first-order valence-electron chi connectivity index (χ1n) is 6.71. The van der Waals surface area contributed by atoms with Crippen molar-refractivity contribution in [2.24, 2.45) is 0 Å². The van der Waals surface area contributed by atoms with Gasteiger partial charge in [0.25, 0.3) is 0 Å². The number of amides is 1. The molecule has 0 saturated heterocycles. The van der Waals surface area contributed by atoms with Gasteiger partial charge in [0.05, 0.1) is 12.8 Å². The van der Waals surface area contributed by atoms with Gasteiger partial charge in [-0.1, -0.05) is 33.6 Å². The molecular formula is C16H16BrClN2O2. The Morgan fingerprint density at radius 3 is 2.82 bits per heavy atom. The quantitative estimate of drug-likeness (QED) is 0.769. The molecule has 116 valence electrons. The number of hydrogen-bond donors (Lipinski definition) is 2. The van der Waals surface area contributed by atoms with Gasteiger partial charge in [-0.3, -0.25) is 4.79 Å². The molecule has 0 saturated carbocycles. The van der Waals surface area contributed by atoms with Crippen molar-refractivity contribution in [2.75, 3.05) is 24.3 Å². The first-order chi connectivity index (χ1) is 10.6. The van der Waals surface area contributed by atoms with Crippen LogP contribution in [0.4, 0.5) is 11.4 Å². The Bertz CT molecular complexity index is 664. The predicted molar refractivity (Wildman–Crippen MR) is 93.9 cm³/mol. The molecule has 0 radical (unpaired) electrons. The fraction of sp³-hybridized carbons (Fsp3) is 0.188. The van der Waals surface area contributed by atoms with Crippen LogP contribution in [0.1, 0.15) is 6.42 Å². The average molecular weight is 384 g/mol. The van der Waals surface area contributed by atoms with Crippen LogP contribution in [0.5, 0.6) is 5.75 Å².